The van der Waals surface area contributed by atoms with Crippen molar-refractivity contribution in [2.45, 2.75) is 13.0 Å². The van der Waals surface area contributed by atoms with Crippen molar-refractivity contribution in [2.24, 2.45) is 0 Å². The molecule has 6 heteroatoms. The lowest BCUT2D eigenvalue weighted by Crippen LogP contribution is -2.28. The fourth-order valence-electron chi connectivity index (χ4n) is 1.57. The molecule has 1 heterocycles. The van der Waals surface area contributed by atoms with E-state index in [1.807, 2.05) is 0 Å². The Labute approximate surface area is 112 Å². The quantitative estimate of drug-likeness (QED) is 0.757. The summed E-state index contributed by atoms with van der Waals surface area (Å²) in [5.74, 6) is -0.986. The first-order valence-corrected chi connectivity index (χ1v) is 5.94. The molecule has 19 heavy (non-hydrogen) atoms. The Hall–Kier alpha value is -1.97. The number of nitriles is 1. The van der Waals surface area contributed by atoms with E-state index >= 15 is 0 Å². The summed E-state index contributed by atoms with van der Waals surface area (Å²) in [4.78, 5) is 16.9. The van der Waals surface area contributed by atoms with E-state index in [1.54, 1.807) is 13.2 Å². The van der Waals surface area contributed by atoms with Crippen molar-refractivity contribution in [3.63, 3.8) is 0 Å². The molecule has 0 atom stereocenters. The third-order valence-corrected chi connectivity index (χ3v) is 2.61. The number of nitrogens with zero attached hydrogens (tertiary/aromatic N) is 3. The maximum atomic E-state index is 10.7. The summed E-state index contributed by atoms with van der Waals surface area (Å²) in [6.45, 7) is 2.51. The van der Waals surface area contributed by atoms with Gasteiger partial charge >= 0.3 is 5.97 Å². The van der Waals surface area contributed by atoms with Crippen molar-refractivity contribution in [2.75, 3.05) is 26.8 Å². The van der Waals surface area contributed by atoms with Crippen LogP contribution >= 0.6 is 0 Å². The Balaban J connectivity index is 2.61. The molecule has 0 radical (unpaired) electrons. The summed E-state index contributed by atoms with van der Waals surface area (Å²) in [5.41, 5.74) is 0.947. The first-order chi connectivity index (χ1) is 9.17. The van der Waals surface area contributed by atoms with Gasteiger partial charge in [-0.2, -0.15) is 5.26 Å². The maximum Gasteiger partial charge on any atom is 0.337 e. The molecule has 0 amide bonds. The highest BCUT2D eigenvalue weighted by molar-refractivity contribution is 5.87. The highest BCUT2D eigenvalue weighted by Crippen LogP contribution is 2.05. The van der Waals surface area contributed by atoms with E-state index in [1.165, 1.54) is 12.3 Å². The maximum absolute atomic E-state index is 10.7. The summed E-state index contributed by atoms with van der Waals surface area (Å²) in [5, 5.41) is 17.4. The van der Waals surface area contributed by atoms with Gasteiger partial charge in [-0.05, 0) is 12.1 Å². The van der Waals surface area contributed by atoms with E-state index in [0.29, 0.717) is 32.7 Å². The predicted octanol–water partition coefficient (Wildman–Crippen LogP) is 1.14. The lowest BCUT2D eigenvalue weighted by Gasteiger charge is -2.20. The van der Waals surface area contributed by atoms with Gasteiger partial charge in [0.15, 0.2) is 0 Å². The molecule has 1 rings (SSSR count). The number of methoxy groups -OCH3 is 1. The minimum atomic E-state index is -0.986. The van der Waals surface area contributed by atoms with Crippen LogP contribution < -0.4 is 0 Å². The standard InChI is InChI=1S/C13H17N3O3/c1-19-8-7-16(6-2-5-14)10-12-4-3-11(9-15-12)13(17)18/h3-4,9H,2,6-8,10H2,1H3,(H,17,18). The van der Waals surface area contributed by atoms with Crippen LogP contribution in [0, 0.1) is 11.3 Å². The molecule has 0 spiro atoms. The molecular formula is C13H17N3O3. The summed E-state index contributed by atoms with van der Waals surface area (Å²) >= 11 is 0. The minimum absolute atomic E-state index is 0.171. The van der Waals surface area contributed by atoms with Crippen LogP contribution in [0.25, 0.3) is 0 Å². The highest BCUT2D eigenvalue weighted by atomic mass is 16.5. The molecule has 1 aromatic rings. The molecule has 1 N–H and O–H groups in total. The van der Waals surface area contributed by atoms with Gasteiger partial charge in [0, 0.05) is 39.4 Å². The fourth-order valence-corrected chi connectivity index (χ4v) is 1.57. The Morgan fingerprint density at radius 2 is 2.32 bits per heavy atom. The average molecular weight is 263 g/mol. The Morgan fingerprint density at radius 1 is 1.53 bits per heavy atom. The normalized spacial score (nSPS) is 10.4. The molecule has 0 aromatic carbocycles. The van der Waals surface area contributed by atoms with Gasteiger partial charge in [-0.1, -0.05) is 0 Å². The Morgan fingerprint density at radius 3 is 2.84 bits per heavy atom. The van der Waals surface area contributed by atoms with Crippen LogP contribution in [-0.4, -0.2) is 47.8 Å². The van der Waals surface area contributed by atoms with Crippen LogP contribution in [0.5, 0.6) is 0 Å². The second-order valence-electron chi connectivity index (χ2n) is 4.02. The van der Waals surface area contributed by atoms with Gasteiger partial charge < -0.3 is 9.84 Å². The van der Waals surface area contributed by atoms with Gasteiger partial charge in [-0.15, -0.1) is 0 Å². The first kappa shape index (κ1) is 15.1. The SMILES string of the molecule is COCCN(CCC#N)Cc1ccc(C(=O)O)cn1. The van der Waals surface area contributed by atoms with E-state index in [9.17, 15) is 4.79 Å². The second kappa shape index (κ2) is 8.19. The van der Waals surface area contributed by atoms with Crippen molar-refractivity contribution in [1.82, 2.24) is 9.88 Å². The minimum Gasteiger partial charge on any atom is -0.478 e. The van der Waals surface area contributed by atoms with Crippen LogP contribution in [0.3, 0.4) is 0 Å². The number of pyridine rings is 1. The van der Waals surface area contributed by atoms with Crippen molar-refractivity contribution >= 4 is 5.97 Å². The molecule has 0 aliphatic heterocycles. The topological polar surface area (TPSA) is 86.5 Å². The number of aromatic carboxylic acids is 1. The molecular weight excluding hydrogens is 246 g/mol. The molecule has 6 nitrogen and oxygen atoms in total. The highest BCUT2D eigenvalue weighted by Gasteiger charge is 2.08. The van der Waals surface area contributed by atoms with E-state index < -0.39 is 5.97 Å². The average Bonchev–Trinajstić information content (AvgIpc) is 2.42. The van der Waals surface area contributed by atoms with Crippen LogP contribution in [0.1, 0.15) is 22.5 Å². The number of rotatable bonds is 8. The van der Waals surface area contributed by atoms with Gasteiger partial charge in [0.1, 0.15) is 0 Å². The molecule has 0 unspecified atom stereocenters. The number of hydrogen-bond donors (Lipinski definition) is 1. The third kappa shape index (κ3) is 5.46. The summed E-state index contributed by atoms with van der Waals surface area (Å²) in [7, 11) is 1.63. The molecule has 0 fully saturated rings. The lowest BCUT2D eigenvalue weighted by atomic mass is 10.2. The molecule has 0 saturated carbocycles. The summed E-state index contributed by atoms with van der Waals surface area (Å²) in [6.07, 6.45) is 1.79. The van der Waals surface area contributed by atoms with Crippen molar-refractivity contribution in [1.29, 1.82) is 5.26 Å². The zero-order chi connectivity index (χ0) is 14.1. The third-order valence-electron chi connectivity index (χ3n) is 2.61. The largest absolute Gasteiger partial charge is 0.478 e. The van der Waals surface area contributed by atoms with Crippen molar-refractivity contribution < 1.29 is 14.6 Å². The molecule has 102 valence electrons. The summed E-state index contributed by atoms with van der Waals surface area (Å²) in [6, 6.07) is 5.33. The van der Waals surface area contributed by atoms with Crippen LogP contribution in [0.15, 0.2) is 18.3 Å². The van der Waals surface area contributed by atoms with Gasteiger partial charge in [0.25, 0.3) is 0 Å². The summed E-state index contributed by atoms with van der Waals surface area (Å²) < 4.78 is 5.02. The van der Waals surface area contributed by atoms with Gasteiger partial charge in [0.05, 0.1) is 23.9 Å². The van der Waals surface area contributed by atoms with Gasteiger partial charge in [-0.3, -0.25) is 9.88 Å². The van der Waals surface area contributed by atoms with E-state index in [2.05, 4.69) is 16.0 Å². The smallest absolute Gasteiger partial charge is 0.337 e. The monoisotopic (exact) mass is 263 g/mol. The van der Waals surface area contributed by atoms with Crippen LogP contribution in [0.4, 0.5) is 0 Å². The van der Waals surface area contributed by atoms with Crippen molar-refractivity contribution in [3.05, 3.63) is 29.6 Å². The lowest BCUT2D eigenvalue weighted by molar-refractivity contribution is 0.0696. The molecule has 0 bridgehead atoms. The molecule has 1 aromatic heterocycles. The molecule has 0 saturated heterocycles. The Kier molecular flexibility index (Phi) is 6.50. The number of hydrogen-bond acceptors (Lipinski definition) is 5. The molecule has 0 aliphatic carbocycles. The van der Waals surface area contributed by atoms with E-state index in [0.717, 1.165) is 5.69 Å². The van der Waals surface area contributed by atoms with Gasteiger partial charge in [0.2, 0.25) is 0 Å². The predicted molar refractivity (Wildman–Crippen MR) is 68.6 cm³/mol. The Bertz CT molecular complexity index is 439. The van der Waals surface area contributed by atoms with Crippen LogP contribution in [0.2, 0.25) is 0 Å². The van der Waals surface area contributed by atoms with E-state index in [4.69, 9.17) is 15.1 Å². The van der Waals surface area contributed by atoms with Gasteiger partial charge in [-0.25, -0.2) is 4.79 Å². The zero-order valence-corrected chi connectivity index (χ0v) is 10.9. The number of carbonyl (C=O) groups is 1. The van der Waals surface area contributed by atoms with E-state index in [-0.39, 0.29) is 5.56 Å². The first-order valence-electron chi connectivity index (χ1n) is 5.94. The number of ether oxygens (including phenoxy) is 1. The second-order valence-corrected chi connectivity index (χ2v) is 4.02. The van der Waals surface area contributed by atoms with Crippen LogP contribution in [-0.2, 0) is 11.3 Å². The number of aromatic nitrogens is 1. The number of carboxylic acids is 1. The molecule has 0 aliphatic rings. The zero-order valence-electron chi connectivity index (χ0n) is 10.9. The number of carboxylic acid groups (broad SMARTS) is 1. The van der Waals surface area contributed by atoms with Crippen molar-refractivity contribution in [3.8, 4) is 6.07 Å². The fraction of sp³-hybridized carbons (Fsp3) is 0.462.